The number of amides is 3. The monoisotopic (exact) mass is 752 g/mol. The highest BCUT2D eigenvalue weighted by atomic mass is 19.3. The summed E-state index contributed by atoms with van der Waals surface area (Å²) < 4.78 is 44.4. The Morgan fingerprint density at radius 2 is 1.80 bits per heavy atom. The number of benzene rings is 1. The zero-order valence-electron chi connectivity index (χ0n) is 31.6. The Labute approximate surface area is 315 Å². The fraction of sp³-hybridized carbons (Fsp3) is 0.632. The summed E-state index contributed by atoms with van der Waals surface area (Å²) in [5.41, 5.74) is 4.85. The lowest BCUT2D eigenvalue weighted by Crippen LogP contribution is -2.43. The molecule has 1 aromatic carbocycles. The van der Waals surface area contributed by atoms with Gasteiger partial charge in [0.1, 0.15) is 6.61 Å². The number of anilines is 2. The van der Waals surface area contributed by atoms with Crippen molar-refractivity contribution in [3.05, 3.63) is 46.9 Å². The lowest BCUT2D eigenvalue weighted by Gasteiger charge is -2.34. The minimum absolute atomic E-state index is 0.0260. The Bertz CT molecular complexity index is 1750. The number of carbonyl (C=O) groups is 2. The number of urea groups is 1. The number of halogens is 2. The van der Waals surface area contributed by atoms with Gasteiger partial charge in [-0.3, -0.25) is 14.2 Å². The van der Waals surface area contributed by atoms with Crippen LogP contribution in [0, 0.1) is 0 Å². The average molecular weight is 753 g/mol. The van der Waals surface area contributed by atoms with Crippen LogP contribution in [0.15, 0.2) is 24.5 Å². The molecule has 4 aliphatic heterocycles. The molecule has 2 fully saturated rings. The minimum atomic E-state index is -2.67. The maximum atomic E-state index is 14.6. The van der Waals surface area contributed by atoms with Crippen molar-refractivity contribution in [1.82, 2.24) is 44.9 Å². The summed E-state index contributed by atoms with van der Waals surface area (Å²) in [4.78, 5) is 34.0. The molecule has 0 spiro atoms. The van der Waals surface area contributed by atoms with Crippen LogP contribution >= 0.6 is 0 Å². The van der Waals surface area contributed by atoms with Crippen LogP contribution in [0.2, 0.25) is 0 Å². The van der Waals surface area contributed by atoms with E-state index >= 15 is 0 Å². The number of fused-ring (bicyclic) bond motifs is 2. The van der Waals surface area contributed by atoms with E-state index in [9.17, 15) is 18.4 Å². The highest BCUT2D eigenvalue weighted by molar-refractivity contribution is 5.79. The van der Waals surface area contributed by atoms with Crippen LogP contribution in [0.5, 0.6) is 0 Å². The highest BCUT2D eigenvalue weighted by Gasteiger charge is 2.35. The molecule has 0 aliphatic carbocycles. The second-order valence-electron chi connectivity index (χ2n) is 14.7. The molecule has 0 bridgehead atoms. The number of aryl methyl sites for hydroxylation is 2. The number of likely N-dealkylation sites (tertiary alicyclic amines) is 1. The van der Waals surface area contributed by atoms with Gasteiger partial charge in [0.25, 0.3) is 6.43 Å². The van der Waals surface area contributed by atoms with Crippen LogP contribution < -0.4 is 15.5 Å². The van der Waals surface area contributed by atoms with Crippen molar-refractivity contribution < 1.29 is 27.8 Å². The summed E-state index contributed by atoms with van der Waals surface area (Å²) in [6.07, 6.45) is 5.38. The Kier molecular flexibility index (Phi) is 12.4. The van der Waals surface area contributed by atoms with E-state index in [1.165, 1.54) is 0 Å². The number of piperidine rings is 1. The molecule has 2 saturated heterocycles. The van der Waals surface area contributed by atoms with Crippen LogP contribution in [0.4, 0.5) is 25.1 Å². The zero-order valence-corrected chi connectivity index (χ0v) is 31.6. The number of hydrogen-bond acceptors (Lipinski definition) is 9. The van der Waals surface area contributed by atoms with Crippen molar-refractivity contribution in [3.63, 3.8) is 0 Å². The molecule has 0 saturated carbocycles. The van der Waals surface area contributed by atoms with Crippen LogP contribution in [0.25, 0.3) is 11.1 Å². The van der Waals surface area contributed by atoms with Crippen LogP contribution in [-0.2, 0) is 40.7 Å². The molecule has 0 atom stereocenters. The van der Waals surface area contributed by atoms with Gasteiger partial charge < -0.3 is 39.7 Å². The van der Waals surface area contributed by atoms with Crippen molar-refractivity contribution in [1.29, 1.82) is 0 Å². The molecule has 3 aromatic rings. The normalized spacial score (nSPS) is 18.3. The lowest BCUT2D eigenvalue weighted by molar-refractivity contribution is -0.138. The first-order valence-corrected chi connectivity index (χ1v) is 19.5. The second kappa shape index (κ2) is 17.6. The smallest absolute Gasteiger partial charge is 0.317 e. The van der Waals surface area contributed by atoms with E-state index in [1.54, 1.807) is 42.1 Å². The van der Waals surface area contributed by atoms with Gasteiger partial charge in [-0.05, 0) is 55.4 Å². The summed E-state index contributed by atoms with van der Waals surface area (Å²) in [6, 6.07) is 3.41. The molecular weight excluding hydrogens is 698 g/mol. The molecule has 0 radical (unpaired) electrons. The van der Waals surface area contributed by atoms with E-state index < -0.39 is 6.43 Å². The van der Waals surface area contributed by atoms with Crippen LogP contribution in [0.1, 0.15) is 60.5 Å². The van der Waals surface area contributed by atoms with E-state index in [1.807, 2.05) is 11.0 Å². The summed E-state index contributed by atoms with van der Waals surface area (Å²) in [5, 5.41) is 15.6. The van der Waals surface area contributed by atoms with Gasteiger partial charge in [-0.2, -0.15) is 10.2 Å². The number of carbonyl (C=O) groups excluding carboxylic acids is 2. The molecule has 294 valence electrons. The summed E-state index contributed by atoms with van der Waals surface area (Å²) >= 11 is 0. The van der Waals surface area contributed by atoms with Gasteiger partial charge in [-0.1, -0.05) is 0 Å². The third-order valence-corrected chi connectivity index (χ3v) is 11.2. The molecule has 16 heteroatoms. The van der Waals surface area contributed by atoms with Gasteiger partial charge in [0, 0.05) is 120 Å². The molecule has 4 aliphatic rings. The summed E-state index contributed by atoms with van der Waals surface area (Å²) in [5.74, 6) is 0.689. The number of nitrogens with zero attached hydrogens (tertiary/aromatic N) is 8. The van der Waals surface area contributed by atoms with Gasteiger partial charge in [-0.25, -0.2) is 13.6 Å². The SMILES string of the molecule is CNC(=O)N1CCc2c(c(N3CCCc4cc(-c5cnn(C)c5)c(C(F)F)cc43)nn2C2CCN(C(=O)COCCOCCCN3CCNCC3)CC2)C1. The predicted octanol–water partition coefficient (Wildman–Crippen LogP) is 3.50. The van der Waals surface area contributed by atoms with Crippen LogP contribution in [-0.4, -0.2) is 139 Å². The number of aromatic nitrogens is 4. The van der Waals surface area contributed by atoms with E-state index in [0.29, 0.717) is 75.9 Å². The fourth-order valence-corrected chi connectivity index (χ4v) is 8.29. The number of piperazine rings is 1. The lowest BCUT2D eigenvalue weighted by atomic mass is 9.92. The van der Waals surface area contributed by atoms with Crippen molar-refractivity contribution in [2.45, 2.75) is 57.5 Å². The Morgan fingerprint density at radius 1 is 1.00 bits per heavy atom. The molecule has 54 heavy (non-hydrogen) atoms. The van der Waals surface area contributed by atoms with Gasteiger partial charge in [0.2, 0.25) is 5.91 Å². The number of ether oxygens (including phenoxy) is 2. The fourth-order valence-electron chi connectivity index (χ4n) is 8.29. The first-order chi connectivity index (χ1) is 26.3. The second-order valence-corrected chi connectivity index (χ2v) is 14.7. The van der Waals surface area contributed by atoms with E-state index in [0.717, 1.165) is 87.3 Å². The van der Waals surface area contributed by atoms with Crippen LogP contribution in [0.3, 0.4) is 0 Å². The standard InChI is InChI=1S/C38H54F2N10O4/c1-41-38(52)48-15-8-33-32(25-48)37(49-12-3-5-27-21-30(28-23-43-45(2)24-28)31(36(39)40)22-34(27)49)44-50(33)29-6-13-47(14-7-29)35(51)26-54-20-19-53-18-4-11-46-16-9-42-10-17-46/h21-24,29,36,42H,3-20,25-26H2,1-2H3,(H,41,52). The topological polar surface area (TPSA) is 125 Å². The van der Waals surface area contributed by atoms with Gasteiger partial charge in [0.15, 0.2) is 5.82 Å². The molecule has 3 amide bonds. The molecule has 7 rings (SSSR count). The number of nitrogens with one attached hydrogen (secondary N) is 2. The molecule has 2 aromatic heterocycles. The maximum Gasteiger partial charge on any atom is 0.317 e. The Hall–Kier alpha value is -4.12. The molecule has 6 heterocycles. The number of hydrogen-bond donors (Lipinski definition) is 2. The van der Waals surface area contributed by atoms with Gasteiger partial charge >= 0.3 is 6.03 Å². The largest absolute Gasteiger partial charge is 0.379 e. The maximum absolute atomic E-state index is 14.6. The van der Waals surface area contributed by atoms with Crippen molar-refractivity contribution >= 4 is 23.4 Å². The highest BCUT2D eigenvalue weighted by Crippen LogP contribution is 2.43. The average Bonchev–Trinajstić information content (AvgIpc) is 3.81. The molecule has 0 unspecified atom stereocenters. The van der Waals surface area contributed by atoms with Gasteiger partial charge in [0.05, 0.1) is 32.0 Å². The minimum Gasteiger partial charge on any atom is -0.379 e. The molecular formula is C38H54F2N10O4. The number of rotatable bonds is 13. The van der Waals surface area contributed by atoms with Crippen molar-refractivity contribution in [3.8, 4) is 11.1 Å². The first kappa shape index (κ1) is 38.2. The van der Waals surface area contributed by atoms with E-state index in [4.69, 9.17) is 14.6 Å². The third-order valence-electron chi connectivity index (χ3n) is 11.2. The summed E-state index contributed by atoms with van der Waals surface area (Å²) in [7, 11) is 3.40. The molecule has 14 nitrogen and oxygen atoms in total. The quantitative estimate of drug-likeness (QED) is 0.253. The molecule has 2 N–H and O–H groups in total. The van der Waals surface area contributed by atoms with Crippen molar-refractivity contribution in [2.24, 2.45) is 7.05 Å². The Balaban J connectivity index is 1.01. The number of alkyl halides is 2. The van der Waals surface area contributed by atoms with E-state index in [-0.39, 0.29) is 30.2 Å². The summed E-state index contributed by atoms with van der Waals surface area (Å²) in [6.45, 7) is 9.59. The predicted molar refractivity (Wildman–Crippen MR) is 200 cm³/mol. The van der Waals surface area contributed by atoms with Crippen molar-refractivity contribution in [2.75, 3.05) is 97.3 Å². The van der Waals surface area contributed by atoms with Gasteiger partial charge in [-0.15, -0.1) is 0 Å². The third kappa shape index (κ3) is 8.56. The first-order valence-electron chi connectivity index (χ1n) is 19.5. The Morgan fingerprint density at radius 3 is 2.54 bits per heavy atom. The zero-order chi connectivity index (χ0) is 37.6. The van der Waals surface area contributed by atoms with E-state index in [2.05, 4.69) is 30.2 Å².